The van der Waals surface area contributed by atoms with Gasteiger partial charge >= 0.3 is 5.97 Å². The summed E-state index contributed by atoms with van der Waals surface area (Å²) in [7, 11) is 1.31. The second kappa shape index (κ2) is 7.47. The third-order valence-electron chi connectivity index (χ3n) is 2.76. The van der Waals surface area contributed by atoms with Gasteiger partial charge in [0, 0.05) is 14.8 Å². The van der Waals surface area contributed by atoms with Crippen LogP contribution in [0, 0.1) is 9.49 Å². The van der Waals surface area contributed by atoms with Crippen LogP contribution in [0.4, 0.5) is 5.69 Å². The standard InChI is InChI=1S/C14H19IN2O3/c1-8(2)6-12(14(19)20-3)17-13(18)9-4-5-11(16)10(15)7-9/h4-5,7-8,12H,6,16H2,1-3H3,(H,17,18)/t12-/m0/s1. The number of amides is 1. The van der Waals surface area contributed by atoms with Gasteiger partial charge in [-0.2, -0.15) is 0 Å². The lowest BCUT2D eigenvalue weighted by atomic mass is 10.0. The van der Waals surface area contributed by atoms with Crippen molar-refractivity contribution in [3.05, 3.63) is 27.3 Å². The van der Waals surface area contributed by atoms with E-state index in [-0.39, 0.29) is 11.8 Å². The van der Waals surface area contributed by atoms with Crippen LogP contribution in [0.5, 0.6) is 0 Å². The van der Waals surface area contributed by atoms with Gasteiger partial charge in [-0.25, -0.2) is 4.79 Å². The highest BCUT2D eigenvalue weighted by Crippen LogP contribution is 2.16. The van der Waals surface area contributed by atoms with E-state index in [2.05, 4.69) is 27.9 Å². The molecule has 0 fully saturated rings. The van der Waals surface area contributed by atoms with Crippen LogP contribution in [0.2, 0.25) is 0 Å². The van der Waals surface area contributed by atoms with Gasteiger partial charge in [-0.3, -0.25) is 4.79 Å². The Morgan fingerprint density at radius 3 is 2.55 bits per heavy atom. The van der Waals surface area contributed by atoms with Gasteiger partial charge in [-0.05, 0) is 53.1 Å². The molecule has 0 heterocycles. The first-order chi connectivity index (χ1) is 9.35. The normalized spacial score (nSPS) is 12.1. The number of hydrogen-bond acceptors (Lipinski definition) is 4. The number of benzene rings is 1. The van der Waals surface area contributed by atoms with Gasteiger partial charge in [-0.1, -0.05) is 13.8 Å². The number of rotatable bonds is 5. The molecule has 0 aliphatic rings. The third kappa shape index (κ3) is 4.66. The van der Waals surface area contributed by atoms with E-state index < -0.39 is 12.0 Å². The molecule has 0 bridgehead atoms. The minimum absolute atomic E-state index is 0.269. The number of nitrogens with two attached hydrogens (primary N) is 1. The van der Waals surface area contributed by atoms with Crippen molar-refractivity contribution < 1.29 is 14.3 Å². The zero-order valence-electron chi connectivity index (χ0n) is 11.8. The first kappa shape index (κ1) is 16.7. The summed E-state index contributed by atoms with van der Waals surface area (Å²) in [5, 5.41) is 2.70. The van der Waals surface area contributed by atoms with Crippen molar-refractivity contribution in [1.29, 1.82) is 0 Å². The molecule has 1 aromatic carbocycles. The minimum Gasteiger partial charge on any atom is -0.467 e. The Bertz CT molecular complexity index is 503. The first-order valence-electron chi connectivity index (χ1n) is 6.28. The van der Waals surface area contributed by atoms with Crippen LogP contribution in [0.1, 0.15) is 30.6 Å². The lowest BCUT2D eigenvalue weighted by Gasteiger charge is -2.18. The number of nitrogen functional groups attached to an aromatic ring is 1. The second-order valence-corrected chi connectivity index (χ2v) is 6.08. The van der Waals surface area contributed by atoms with Gasteiger partial charge in [0.1, 0.15) is 6.04 Å². The summed E-state index contributed by atoms with van der Waals surface area (Å²) in [5.41, 5.74) is 6.81. The topological polar surface area (TPSA) is 81.4 Å². The van der Waals surface area contributed by atoms with Crippen LogP contribution in [-0.4, -0.2) is 25.0 Å². The highest BCUT2D eigenvalue weighted by molar-refractivity contribution is 14.1. The first-order valence-corrected chi connectivity index (χ1v) is 7.36. The van der Waals surface area contributed by atoms with E-state index in [1.54, 1.807) is 18.2 Å². The zero-order valence-corrected chi connectivity index (χ0v) is 13.9. The van der Waals surface area contributed by atoms with Crippen molar-refractivity contribution in [2.45, 2.75) is 26.3 Å². The monoisotopic (exact) mass is 390 g/mol. The molecule has 6 heteroatoms. The summed E-state index contributed by atoms with van der Waals surface area (Å²) in [6.45, 7) is 3.96. The molecule has 1 rings (SSSR count). The minimum atomic E-state index is -0.636. The predicted molar refractivity (Wildman–Crippen MR) is 86.3 cm³/mol. The van der Waals surface area contributed by atoms with Crippen molar-refractivity contribution in [3.8, 4) is 0 Å². The van der Waals surface area contributed by atoms with Crippen LogP contribution in [0.15, 0.2) is 18.2 Å². The fraction of sp³-hybridized carbons (Fsp3) is 0.429. The van der Waals surface area contributed by atoms with E-state index in [0.717, 1.165) is 3.57 Å². The van der Waals surface area contributed by atoms with Crippen molar-refractivity contribution in [2.75, 3.05) is 12.8 Å². The summed E-state index contributed by atoms with van der Waals surface area (Å²) in [5.74, 6) is -0.470. The number of hydrogen-bond donors (Lipinski definition) is 2. The van der Waals surface area contributed by atoms with Gasteiger partial charge < -0.3 is 15.8 Å². The molecule has 1 atom stereocenters. The van der Waals surface area contributed by atoms with Gasteiger partial charge in [0.25, 0.3) is 5.91 Å². The SMILES string of the molecule is COC(=O)[C@H](CC(C)C)NC(=O)c1ccc(N)c(I)c1. The Balaban J connectivity index is 2.84. The number of carbonyl (C=O) groups excluding carboxylic acids is 2. The molecule has 1 aromatic rings. The maximum atomic E-state index is 12.2. The molecule has 0 aliphatic carbocycles. The van der Waals surface area contributed by atoms with Gasteiger partial charge in [0.05, 0.1) is 7.11 Å². The largest absolute Gasteiger partial charge is 0.467 e. The molecule has 0 radical (unpaired) electrons. The molecule has 1 amide bonds. The molecule has 20 heavy (non-hydrogen) atoms. The number of ether oxygens (including phenoxy) is 1. The van der Waals surface area contributed by atoms with Crippen molar-refractivity contribution in [1.82, 2.24) is 5.32 Å². The van der Waals surface area contributed by atoms with E-state index >= 15 is 0 Å². The van der Waals surface area contributed by atoms with Crippen LogP contribution in [0.3, 0.4) is 0 Å². The molecule has 0 saturated heterocycles. The lowest BCUT2D eigenvalue weighted by Crippen LogP contribution is -2.42. The van der Waals surface area contributed by atoms with E-state index in [4.69, 9.17) is 10.5 Å². The van der Waals surface area contributed by atoms with Gasteiger partial charge in [0.15, 0.2) is 0 Å². The third-order valence-corrected chi connectivity index (χ3v) is 3.69. The summed E-state index contributed by atoms with van der Waals surface area (Å²) in [6.07, 6.45) is 0.532. The summed E-state index contributed by atoms with van der Waals surface area (Å²) >= 11 is 2.06. The van der Waals surface area contributed by atoms with Gasteiger partial charge in [0.2, 0.25) is 0 Å². The Kier molecular flexibility index (Phi) is 6.25. The van der Waals surface area contributed by atoms with E-state index in [1.807, 2.05) is 13.8 Å². The number of anilines is 1. The predicted octanol–water partition coefficient (Wildman–Crippen LogP) is 2.19. The van der Waals surface area contributed by atoms with Crippen LogP contribution >= 0.6 is 22.6 Å². The number of methoxy groups -OCH3 is 1. The second-order valence-electron chi connectivity index (χ2n) is 4.92. The van der Waals surface area contributed by atoms with Crippen LogP contribution < -0.4 is 11.1 Å². The molecule has 0 spiro atoms. The molecule has 5 nitrogen and oxygen atoms in total. The van der Waals surface area contributed by atoms with Crippen LogP contribution in [0.25, 0.3) is 0 Å². The summed E-state index contributed by atoms with van der Waals surface area (Å²) < 4.78 is 5.52. The molecule has 110 valence electrons. The summed E-state index contributed by atoms with van der Waals surface area (Å²) in [6, 6.07) is 4.36. The van der Waals surface area contributed by atoms with E-state index in [9.17, 15) is 9.59 Å². The van der Waals surface area contributed by atoms with E-state index in [0.29, 0.717) is 17.7 Å². The molecule has 3 N–H and O–H groups in total. The number of nitrogens with one attached hydrogen (secondary N) is 1. The fourth-order valence-electron chi connectivity index (χ4n) is 1.74. The maximum absolute atomic E-state index is 12.2. The average Bonchev–Trinajstić information content (AvgIpc) is 2.39. The highest BCUT2D eigenvalue weighted by Gasteiger charge is 2.23. The van der Waals surface area contributed by atoms with Crippen molar-refractivity contribution in [3.63, 3.8) is 0 Å². The smallest absolute Gasteiger partial charge is 0.328 e. The zero-order chi connectivity index (χ0) is 15.3. The number of esters is 1. The fourth-order valence-corrected chi connectivity index (χ4v) is 2.25. The lowest BCUT2D eigenvalue weighted by molar-refractivity contribution is -0.143. The van der Waals surface area contributed by atoms with Crippen molar-refractivity contribution >= 4 is 40.2 Å². The molecular formula is C14H19IN2O3. The number of halogens is 1. The quantitative estimate of drug-likeness (QED) is 0.459. The Hall–Kier alpha value is -1.31. The molecule has 0 aromatic heterocycles. The highest BCUT2D eigenvalue weighted by atomic mass is 127. The van der Waals surface area contributed by atoms with Gasteiger partial charge in [-0.15, -0.1) is 0 Å². The maximum Gasteiger partial charge on any atom is 0.328 e. The van der Waals surface area contributed by atoms with Crippen LogP contribution in [-0.2, 0) is 9.53 Å². The molecule has 0 aliphatic heterocycles. The summed E-state index contributed by atoms with van der Waals surface area (Å²) in [4.78, 5) is 23.8. The average molecular weight is 390 g/mol. The molecular weight excluding hydrogens is 371 g/mol. The molecule has 0 saturated carbocycles. The number of carbonyl (C=O) groups is 2. The Morgan fingerprint density at radius 1 is 1.40 bits per heavy atom. The Labute approximate surface area is 132 Å². The Morgan fingerprint density at radius 2 is 2.05 bits per heavy atom. The van der Waals surface area contributed by atoms with E-state index in [1.165, 1.54) is 7.11 Å². The molecule has 0 unspecified atom stereocenters. The van der Waals surface area contributed by atoms with Crippen molar-refractivity contribution in [2.24, 2.45) is 5.92 Å².